The van der Waals surface area contributed by atoms with Crippen LogP contribution in [-0.2, 0) is 6.54 Å². The molecular formula is C16H21FN4O2S. The standard InChI is InChI=1S/C16H21FN4O2S/c1-10-15(18-9-23-10)16(22)20(3)7-14-4-12(17)5-21(14)6-13-8-24-11(2)19-13/h8-9,12,14H,4-7H2,1-3H3/t12-,14-/m0/s1. The molecule has 130 valence electrons. The monoisotopic (exact) mass is 352 g/mol. The van der Waals surface area contributed by atoms with E-state index < -0.39 is 6.17 Å². The molecule has 1 aliphatic rings. The fourth-order valence-corrected chi connectivity index (χ4v) is 3.69. The zero-order chi connectivity index (χ0) is 17.3. The highest BCUT2D eigenvalue weighted by Gasteiger charge is 2.34. The number of amides is 1. The number of likely N-dealkylation sites (N-methyl/N-ethyl adjacent to an activating group) is 1. The maximum atomic E-state index is 13.9. The highest BCUT2D eigenvalue weighted by Crippen LogP contribution is 2.24. The number of carbonyl (C=O) groups is 1. The molecule has 3 heterocycles. The summed E-state index contributed by atoms with van der Waals surface area (Å²) >= 11 is 1.59. The van der Waals surface area contributed by atoms with Gasteiger partial charge in [0.15, 0.2) is 12.1 Å². The predicted octanol–water partition coefficient (Wildman–Crippen LogP) is 2.43. The zero-order valence-corrected chi connectivity index (χ0v) is 14.8. The van der Waals surface area contributed by atoms with Crippen molar-refractivity contribution in [2.24, 2.45) is 0 Å². The lowest BCUT2D eigenvalue weighted by Gasteiger charge is -2.27. The molecule has 0 spiro atoms. The minimum Gasteiger partial charge on any atom is -0.448 e. The van der Waals surface area contributed by atoms with E-state index in [1.807, 2.05) is 12.3 Å². The van der Waals surface area contributed by atoms with E-state index in [2.05, 4.69) is 14.9 Å². The summed E-state index contributed by atoms with van der Waals surface area (Å²) in [4.78, 5) is 24.5. The number of carbonyl (C=O) groups excluding carboxylic acids is 1. The van der Waals surface area contributed by atoms with Crippen molar-refractivity contribution in [1.82, 2.24) is 19.8 Å². The van der Waals surface area contributed by atoms with E-state index in [9.17, 15) is 9.18 Å². The molecule has 1 aliphatic heterocycles. The predicted molar refractivity (Wildman–Crippen MR) is 88.8 cm³/mol. The largest absolute Gasteiger partial charge is 0.448 e. The molecule has 1 amide bonds. The highest BCUT2D eigenvalue weighted by molar-refractivity contribution is 7.09. The van der Waals surface area contributed by atoms with E-state index in [4.69, 9.17) is 4.42 Å². The summed E-state index contributed by atoms with van der Waals surface area (Å²) in [5.74, 6) is 0.296. The maximum Gasteiger partial charge on any atom is 0.275 e. The lowest BCUT2D eigenvalue weighted by atomic mass is 10.2. The molecule has 1 fully saturated rings. The molecule has 3 rings (SSSR count). The molecule has 2 atom stereocenters. The molecule has 8 heteroatoms. The number of rotatable bonds is 5. The summed E-state index contributed by atoms with van der Waals surface area (Å²) in [6.45, 7) is 5.11. The number of alkyl halides is 1. The lowest BCUT2D eigenvalue weighted by molar-refractivity contribution is 0.0742. The Balaban J connectivity index is 1.65. The molecule has 2 aromatic rings. The Labute approximate surface area is 144 Å². The summed E-state index contributed by atoms with van der Waals surface area (Å²) in [6, 6.07) is -0.0248. The average Bonchev–Trinajstić information content (AvgIpc) is 3.21. The number of hydrogen-bond acceptors (Lipinski definition) is 6. The van der Waals surface area contributed by atoms with Gasteiger partial charge in [-0.1, -0.05) is 0 Å². The van der Waals surface area contributed by atoms with Crippen molar-refractivity contribution in [1.29, 1.82) is 0 Å². The first-order valence-electron chi connectivity index (χ1n) is 7.88. The van der Waals surface area contributed by atoms with Gasteiger partial charge in [0.25, 0.3) is 5.91 Å². The van der Waals surface area contributed by atoms with E-state index in [0.717, 1.165) is 10.7 Å². The van der Waals surface area contributed by atoms with Crippen molar-refractivity contribution < 1.29 is 13.6 Å². The van der Waals surface area contributed by atoms with Crippen LogP contribution in [0.1, 0.15) is 33.4 Å². The number of aryl methyl sites for hydroxylation is 2. The van der Waals surface area contributed by atoms with Crippen LogP contribution in [-0.4, -0.2) is 58.0 Å². The Hall–Kier alpha value is -1.80. The van der Waals surface area contributed by atoms with Crippen LogP contribution in [0.3, 0.4) is 0 Å². The van der Waals surface area contributed by atoms with E-state index in [0.29, 0.717) is 37.5 Å². The minimum atomic E-state index is -0.868. The molecule has 0 unspecified atom stereocenters. The summed E-state index contributed by atoms with van der Waals surface area (Å²) < 4.78 is 19.0. The third-order valence-corrected chi connectivity index (χ3v) is 5.11. The van der Waals surface area contributed by atoms with Crippen LogP contribution in [0.5, 0.6) is 0 Å². The van der Waals surface area contributed by atoms with Gasteiger partial charge < -0.3 is 9.32 Å². The molecule has 0 bridgehead atoms. The van der Waals surface area contributed by atoms with Gasteiger partial charge in [0.05, 0.1) is 10.7 Å². The van der Waals surface area contributed by atoms with E-state index >= 15 is 0 Å². The first-order valence-corrected chi connectivity index (χ1v) is 8.76. The van der Waals surface area contributed by atoms with Gasteiger partial charge in [0, 0.05) is 38.1 Å². The average molecular weight is 352 g/mol. The Bertz CT molecular complexity index is 717. The van der Waals surface area contributed by atoms with Crippen LogP contribution >= 0.6 is 11.3 Å². The fourth-order valence-electron chi connectivity index (χ4n) is 3.09. The number of nitrogens with zero attached hydrogens (tertiary/aromatic N) is 4. The molecule has 0 saturated carbocycles. The first kappa shape index (κ1) is 17.0. The molecule has 0 N–H and O–H groups in total. The van der Waals surface area contributed by atoms with Gasteiger partial charge in [-0.15, -0.1) is 11.3 Å². The van der Waals surface area contributed by atoms with Crippen molar-refractivity contribution in [3.8, 4) is 0 Å². The lowest BCUT2D eigenvalue weighted by Crippen LogP contribution is -2.41. The Kier molecular flexibility index (Phi) is 4.96. The van der Waals surface area contributed by atoms with Crippen LogP contribution in [0.4, 0.5) is 4.39 Å². The van der Waals surface area contributed by atoms with Gasteiger partial charge in [-0.2, -0.15) is 0 Å². The second-order valence-electron chi connectivity index (χ2n) is 6.22. The number of aromatic nitrogens is 2. The molecule has 1 saturated heterocycles. The topological polar surface area (TPSA) is 62.5 Å². The van der Waals surface area contributed by atoms with E-state index in [1.54, 1.807) is 30.2 Å². The number of halogens is 1. The summed E-state index contributed by atoms with van der Waals surface area (Å²) in [5.41, 5.74) is 1.27. The Morgan fingerprint density at radius 1 is 1.54 bits per heavy atom. The normalized spacial score (nSPS) is 21.3. The zero-order valence-electron chi connectivity index (χ0n) is 14.0. The SMILES string of the molecule is Cc1nc(CN2C[C@@H](F)C[C@H]2CN(C)C(=O)c2ncoc2C)cs1. The molecule has 0 aliphatic carbocycles. The number of thiazole rings is 1. The molecule has 0 radical (unpaired) electrons. The fraction of sp³-hybridized carbons (Fsp3) is 0.562. The van der Waals surface area contributed by atoms with Crippen LogP contribution in [0.15, 0.2) is 16.2 Å². The van der Waals surface area contributed by atoms with Gasteiger partial charge in [0.1, 0.15) is 11.9 Å². The van der Waals surface area contributed by atoms with Gasteiger partial charge in [-0.25, -0.2) is 14.4 Å². The third-order valence-electron chi connectivity index (χ3n) is 4.29. The maximum absolute atomic E-state index is 13.9. The van der Waals surface area contributed by atoms with E-state index in [-0.39, 0.29) is 11.9 Å². The summed E-state index contributed by atoms with van der Waals surface area (Å²) in [6.07, 6.45) is 0.825. The molecule has 0 aromatic carbocycles. The first-order chi connectivity index (χ1) is 11.4. The molecule has 6 nitrogen and oxygen atoms in total. The second-order valence-corrected chi connectivity index (χ2v) is 7.28. The molecular weight excluding hydrogens is 331 g/mol. The molecule has 24 heavy (non-hydrogen) atoms. The third kappa shape index (κ3) is 3.64. The van der Waals surface area contributed by atoms with Gasteiger partial charge in [-0.3, -0.25) is 9.69 Å². The number of oxazole rings is 1. The van der Waals surface area contributed by atoms with Crippen molar-refractivity contribution in [3.05, 3.63) is 33.9 Å². The Morgan fingerprint density at radius 2 is 2.33 bits per heavy atom. The van der Waals surface area contributed by atoms with Crippen molar-refractivity contribution >= 4 is 17.2 Å². The van der Waals surface area contributed by atoms with Crippen molar-refractivity contribution in [3.63, 3.8) is 0 Å². The van der Waals surface area contributed by atoms with Crippen LogP contribution in [0, 0.1) is 13.8 Å². The number of hydrogen-bond donors (Lipinski definition) is 0. The quantitative estimate of drug-likeness (QED) is 0.827. The van der Waals surface area contributed by atoms with Crippen LogP contribution in [0.2, 0.25) is 0 Å². The minimum absolute atomic E-state index is 0.0248. The van der Waals surface area contributed by atoms with Gasteiger partial charge in [-0.05, 0) is 20.3 Å². The number of likely N-dealkylation sites (tertiary alicyclic amines) is 1. The summed E-state index contributed by atoms with van der Waals surface area (Å²) in [5, 5.41) is 3.01. The molecule has 2 aromatic heterocycles. The Morgan fingerprint density at radius 3 is 2.96 bits per heavy atom. The van der Waals surface area contributed by atoms with Crippen molar-refractivity contribution in [2.45, 2.75) is 39.0 Å². The highest BCUT2D eigenvalue weighted by atomic mass is 32.1. The van der Waals surface area contributed by atoms with E-state index in [1.165, 1.54) is 6.39 Å². The summed E-state index contributed by atoms with van der Waals surface area (Å²) in [7, 11) is 1.72. The smallest absolute Gasteiger partial charge is 0.275 e. The van der Waals surface area contributed by atoms with Crippen molar-refractivity contribution in [2.75, 3.05) is 20.1 Å². The second kappa shape index (κ2) is 6.98. The van der Waals surface area contributed by atoms with Crippen LogP contribution < -0.4 is 0 Å². The van der Waals surface area contributed by atoms with Gasteiger partial charge >= 0.3 is 0 Å². The van der Waals surface area contributed by atoms with Crippen LogP contribution in [0.25, 0.3) is 0 Å². The van der Waals surface area contributed by atoms with Gasteiger partial charge in [0.2, 0.25) is 0 Å².